The molecule has 0 saturated heterocycles. The maximum Gasteiger partial charge on any atom is 0.306 e. The highest BCUT2D eigenvalue weighted by atomic mass is 16.6. The van der Waals surface area contributed by atoms with Crippen LogP contribution in [0.5, 0.6) is 0 Å². The molecule has 0 aromatic carbocycles. The van der Waals surface area contributed by atoms with Crippen molar-refractivity contribution in [2.24, 2.45) is 0 Å². The van der Waals surface area contributed by atoms with Crippen molar-refractivity contribution in [3.05, 3.63) is 134 Å². The van der Waals surface area contributed by atoms with Gasteiger partial charge in [-0.05, 0) is 96.3 Å². The Labute approximate surface area is 379 Å². The molecule has 0 aliphatic heterocycles. The second kappa shape index (κ2) is 49.2. The van der Waals surface area contributed by atoms with Crippen molar-refractivity contribution >= 4 is 17.9 Å². The van der Waals surface area contributed by atoms with E-state index in [0.717, 1.165) is 96.3 Å². The molecule has 0 aromatic rings. The first-order valence-corrected chi connectivity index (χ1v) is 24.2. The maximum absolute atomic E-state index is 12.7. The number of ether oxygens (including phenoxy) is 3. The lowest BCUT2D eigenvalue weighted by Gasteiger charge is -2.18. The molecule has 0 aliphatic carbocycles. The van der Waals surface area contributed by atoms with Crippen LogP contribution in [0.15, 0.2) is 134 Å². The summed E-state index contributed by atoms with van der Waals surface area (Å²) in [5.74, 6) is -1.09. The van der Waals surface area contributed by atoms with E-state index in [1.54, 1.807) is 0 Å². The quantitative estimate of drug-likeness (QED) is 0.0264. The van der Waals surface area contributed by atoms with Crippen LogP contribution in [0.3, 0.4) is 0 Å². The average molecular weight is 855 g/mol. The smallest absolute Gasteiger partial charge is 0.306 e. The van der Waals surface area contributed by atoms with E-state index in [1.165, 1.54) is 32.1 Å². The summed E-state index contributed by atoms with van der Waals surface area (Å²) in [6.07, 6.45) is 68.9. The van der Waals surface area contributed by atoms with Crippen LogP contribution in [-0.2, 0) is 28.6 Å². The van der Waals surface area contributed by atoms with Crippen LogP contribution < -0.4 is 0 Å². The first-order chi connectivity index (χ1) is 30.5. The average Bonchev–Trinajstić information content (AvgIpc) is 3.27. The summed E-state index contributed by atoms with van der Waals surface area (Å²) in [6, 6.07) is 0. The summed E-state index contributed by atoms with van der Waals surface area (Å²) < 4.78 is 16.6. The Morgan fingerprint density at radius 2 is 0.661 bits per heavy atom. The van der Waals surface area contributed by atoms with Gasteiger partial charge in [0.05, 0.1) is 0 Å². The number of rotatable bonds is 41. The second-order valence-corrected chi connectivity index (χ2v) is 15.3. The standard InChI is InChI=1S/C56H86O6/c1-4-7-10-13-16-19-21-23-25-27-28-30-31-33-35-37-40-43-46-49-55(58)61-52-53(51-60-54(57)48-45-42-39-18-15-12-9-6-3)62-56(59)50-47-44-41-38-36-34-32-29-26-24-22-20-17-14-11-8-5-2/h7-8,10-11,16-17,19-20,23-26,28,30,32-35,38,40-41,43,53H,4-6,9,12-15,18,21-22,27,29,31,36-37,39,42,44-52H2,1-3H3/b10-7-,11-8-,19-16-,20-17-,25-23-,26-24-,30-28-,34-32-,35-33-,41-38-,43-40-. The molecular formula is C56H86O6. The van der Waals surface area contributed by atoms with Crippen molar-refractivity contribution in [2.75, 3.05) is 13.2 Å². The SMILES string of the molecule is CC/C=C\C/C=C\C/C=C\C/C=C\C/C=C\C/C=C\CCC(=O)OCC(COC(=O)CCCCCCCCCC)OC(=O)CCC/C=C\C/C=C\C/C=C\C/C=C\C/C=C\CC. The molecule has 0 rings (SSSR count). The van der Waals surface area contributed by atoms with Gasteiger partial charge in [0.15, 0.2) is 6.10 Å². The van der Waals surface area contributed by atoms with Gasteiger partial charge in [-0.25, -0.2) is 0 Å². The van der Waals surface area contributed by atoms with Crippen LogP contribution >= 0.6 is 0 Å². The lowest BCUT2D eigenvalue weighted by Crippen LogP contribution is -2.30. The van der Waals surface area contributed by atoms with Gasteiger partial charge in [0.2, 0.25) is 0 Å². The summed E-state index contributed by atoms with van der Waals surface area (Å²) in [7, 11) is 0. The van der Waals surface area contributed by atoms with E-state index < -0.39 is 12.1 Å². The molecule has 6 nitrogen and oxygen atoms in total. The van der Waals surface area contributed by atoms with Gasteiger partial charge in [0, 0.05) is 19.3 Å². The normalized spacial score (nSPS) is 13.3. The van der Waals surface area contributed by atoms with Crippen molar-refractivity contribution in [3.63, 3.8) is 0 Å². The summed E-state index contributed by atoms with van der Waals surface area (Å²) >= 11 is 0. The van der Waals surface area contributed by atoms with Gasteiger partial charge in [-0.15, -0.1) is 0 Å². The number of unbranched alkanes of at least 4 members (excludes halogenated alkanes) is 8. The number of carbonyl (C=O) groups is 3. The first kappa shape index (κ1) is 57.5. The fourth-order valence-corrected chi connectivity index (χ4v) is 5.85. The Morgan fingerprint density at radius 1 is 0.339 bits per heavy atom. The van der Waals surface area contributed by atoms with E-state index in [0.29, 0.717) is 19.3 Å². The molecule has 1 atom stereocenters. The predicted molar refractivity (Wildman–Crippen MR) is 265 cm³/mol. The maximum atomic E-state index is 12.7. The minimum Gasteiger partial charge on any atom is -0.462 e. The highest BCUT2D eigenvalue weighted by Gasteiger charge is 2.19. The van der Waals surface area contributed by atoms with E-state index >= 15 is 0 Å². The number of hydrogen-bond donors (Lipinski definition) is 0. The molecule has 0 aromatic heterocycles. The zero-order valence-corrected chi connectivity index (χ0v) is 39.3. The fourth-order valence-electron chi connectivity index (χ4n) is 5.85. The molecule has 62 heavy (non-hydrogen) atoms. The molecule has 0 N–H and O–H groups in total. The molecule has 1 unspecified atom stereocenters. The summed E-state index contributed by atoms with van der Waals surface area (Å²) in [5.41, 5.74) is 0. The van der Waals surface area contributed by atoms with Crippen molar-refractivity contribution < 1.29 is 28.6 Å². The molecule has 0 fully saturated rings. The molecule has 0 saturated carbocycles. The number of carbonyl (C=O) groups excluding carboxylic acids is 3. The third-order valence-electron chi connectivity index (χ3n) is 9.41. The first-order valence-electron chi connectivity index (χ1n) is 24.2. The monoisotopic (exact) mass is 855 g/mol. The number of esters is 3. The van der Waals surface area contributed by atoms with Gasteiger partial charge in [0.1, 0.15) is 13.2 Å². The van der Waals surface area contributed by atoms with E-state index in [2.05, 4.69) is 142 Å². The second-order valence-electron chi connectivity index (χ2n) is 15.3. The third-order valence-corrected chi connectivity index (χ3v) is 9.41. The van der Waals surface area contributed by atoms with Gasteiger partial charge in [-0.2, -0.15) is 0 Å². The summed E-state index contributed by atoms with van der Waals surface area (Å²) in [6.45, 7) is 6.23. The Kier molecular flexibility index (Phi) is 45.7. The molecular weight excluding hydrogens is 769 g/mol. The van der Waals surface area contributed by atoms with Gasteiger partial charge in [-0.1, -0.05) is 199 Å². The predicted octanol–water partition coefficient (Wildman–Crippen LogP) is 15.9. The van der Waals surface area contributed by atoms with E-state index in [9.17, 15) is 14.4 Å². The Hall–Kier alpha value is -4.45. The molecule has 0 heterocycles. The van der Waals surface area contributed by atoms with Crippen molar-refractivity contribution in [1.29, 1.82) is 0 Å². The molecule has 346 valence electrons. The van der Waals surface area contributed by atoms with Gasteiger partial charge in [-0.3, -0.25) is 14.4 Å². The Balaban J connectivity index is 4.56. The van der Waals surface area contributed by atoms with E-state index in [-0.39, 0.29) is 38.0 Å². The highest BCUT2D eigenvalue weighted by molar-refractivity contribution is 5.71. The third kappa shape index (κ3) is 46.6. The molecule has 6 heteroatoms. The van der Waals surface area contributed by atoms with E-state index in [1.807, 2.05) is 12.2 Å². The van der Waals surface area contributed by atoms with Crippen molar-refractivity contribution in [1.82, 2.24) is 0 Å². The van der Waals surface area contributed by atoms with Gasteiger partial charge in [0.25, 0.3) is 0 Å². The van der Waals surface area contributed by atoms with Crippen LogP contribution in [-0.4, -0.2) is 37.2 Å². The molecule has 0 aliphatic rings. The van der Waals surface area contributed by atoms with Crippen LogP contribution in [0.1, 0.15) is 181 Å². The van der Waals surface area contributed by atoms with E-state index in [4.69, 9.17) is 14.2 Å². The lowest BCUT2D eigenvalue weighted by molar-refractivity contribution is -0.166. The zero-order chi connectivity index (χ0) is 45.1. The molecule has 0 bridgehead atoms. The zero-order valence-electron chi connectivity index (χ0n) is 39.3. The minimum atomic E-state index is -0.839. The number of allylic oxidation sites excluding steroid dienone is 22. The minimum absolute atomic E-state index is 0.128. The molecule has 0 radical (unpaired) electrons. The summed E-state index contributed by atoms with van der Waals surface area (Å²) in [4.78, 5) is 37.7. The molecule has 0 amide bonds. The fraction of sp³-hybridized carbons (Fsp3) is 0.554. The van der Waals surface area contributed by atoms with Crippen LogP contribution in [0.2, 0.25) is 0 Å². The van der Waals surface area contributed by atoms with Crippen molar-refractivity contribution in [3.8, 4) is 0 Å². The van der Waals surface area contributed by atoms with Gasteiger partial charge < -0.3 is 14.2 Å². The van der Waals surface area contributed by atoms with Crippen LogP contribution in [0.25, 0.3) is 0 Å². The number of hydrogen-bond acceptors (Lipinski definition) is 6. The highest BCUT2D eigenvalue weighted by Crippen LogP contribution is 2.11. The summed E-state index contributed by atoms with van der Waals surface area (Å²) in [5, 5.41) is 0. The Morgan fingerprint density at radius 3 is 1.06 bits per heavy atom. The van der Waals surface area contributed by atoms with Crippen LogP contribution in [0, 0.1) is 0 Å². The largest absolute Gasteiger partial charge is 0.462 e. The Bertz CT molecular complexity index is 1400. The van der Waals surface area contributed by atoms with Crippen molar-refractivity contribution in [2.45, 2.75) is 187 Å². The molecule has 0 spiro atoms. The van der Waals surface area contributed by atoms with Crippen LogP contribution in [0.4, 0.5) is 0 Å². The lowest BCUT2D eigenvalue weighted by atomic mass is 10.1. The topological polar surface area (TPSA) is 78.9 Å². The van der Waals surface area contributed by atoms with Gasteiger partial charge >= 0.3 is 17.9 Å².